The Hall–Kier alpha value is -2.80. The van der Waals surface area contributed by atoms with Crippen LogP contribution in [0.2, 0.25) is 5.02 Å². The van der Waals surface area contributed by atoms with E-state index < -0.39 is 0 Å². The van der Waals surface area contributed by atoms with E-state index in [2.05, 4.69) is 10.6 Å². The normalized spacial score (nSPS) is 10.6. The smallest absolute Gasteiger partial charge is 0.257 e. The molecular weight excluding hydrogens is 410 g/mol. The van der Waals surface area contributed by atoms with E-state index in [0.717, 1.165) is 26.5 Å². The number of nitrogens with zero attached hydrogens (tertiary/aromatic N) is 1. The van der Waals surface area contributed by atoms with E-state index in [9.17, 15) is 4.79 Å². The number of rotatable bonds is 3. The maximum atomic E-state index is 12.4. The first-order valence-electron chi connectivity index (χ1n) is 8.43. The zero-order valence-corrected chi connectivity index (χ0v) is 16.9. The predicted octanol–water partition coefficient (Wildman–Crippen LogP) is 5.74. The van der Waals surface area contributed by atoms with E-state index in [-0.39, 0.29) is 11.0 Å². The number of carbonyl (C=O) groups excluding carboxylic acids is 1. The molecule has 0 aliphatic heterocycles. The van der Waals surface area contributed by atoms with Crippen molar-refractivity contribution in [1.29, 1.82) is 0 Å². The standard InChI is InChI=1S/C21H14ClN3OS2/c22-14-7-5-6-13(12-14)19(26)25-21(27)24-16-9-2-1-8-15(16)20-23-17-10-3-4-11-18(17)28-20/h1-12H,(H2,24,25,26,27). The molecule has 1 amide bonds. The van der Waals surface area contributed by atoms with Crippen LogP contribution in [0.4, 0.5) is 5.69 Å². The van der Waals surface area contributed by atoms with Gasteiger partial charge in [0.2, 0.25) is 0 Å². The van der Waals surface area contributed by atoms with Crippen LogP contribution in [-0.2, 0) is 0 Å². The molecule has 0 spiro atoms. The first kappa shape index (κ1) is 18.6. The fourth-order valence-electron chi connectivity index (χ4n) is 2.72. The molecule has 0 atom stereocenters. The van der Waals surface area contributed by atoms with E-state index in [4.69, 9.17) is 28.8 Å². The molecule has 1 aromatic heterocycles. The van der Waals surface area contributed by atoms with Crippen LogP contribution in [0.5, 0.6) is 0 Å². The molecule has 2 N–H and O–H groups in total. The Morgan fingerprint density at radius 3 is 2.61 bits per heavy atom. The summed E-state index contributed by atoms with van der Waals surface area (Å²) in [5.41, 5.74) is 3.09. The van der Waals surface area contributed by atoms with Gasteiger partial charge in [0.15, 0.2) is 5.11 Å². The number of fused-ring (bicyclic) bond motifs is 1. The number of carbonyl (C=O) groups is 1. The molecule has 0 aliphatic rings. The van der Waals surface area contributed by atoms with Crippen molar-refractivity contribution >= 4 is 62.1 Å². The summed E-state index contributed by atoms with van der Waals surface area (Å²) >= 11 is 12.9. The van der Waals surface area contributed by atoms with Crippen molar-refractivity contribution < 1.29 is 4.79 Å². The summed E-state index contributed by atoms with van der Waals surface area (Å²) in [6, 6.07) is 22.4. The van der Waals surface area contributed by atoms with Gasteiger partial charge >= 0.3 is 0 Å². The lowest BCUT2D eigenvalue weighted by atomic mass is 10.2. The molecule has 0 saturated heterocycles. The molecule has 4 nitrogen and oxygen atoms in total. The number of hydrogen-bond acceptors (Lipinski definition) is 4. The Morgan fingerprint density at radius 1 is 1.00 bits per heavy atom. The van der Waals surface area contributed by atoms with Crippen LogP contribution in [0, 0.1) is 0 Å². The van der Waals surface area contributed by atoms with Gasteiger partial charge in [0.05, 0.1) is 15.9 Å². The molecule has 0 saturated carbocycles. The molecule has 28 heavy (non-hydrogen) atoms. The van der Waals surface area contributed by atoms with E-state index in [1.54, 1.807) is 35.6 Å². The SMILES string of the molecule is O=C(NC(=S)Nc1ccccc1-c1nc2ccccc2s1)c1cccc(Cl)c1. The van der Waals surface area contributed by atoms with Gasteiger partial charge in [-0.05, 0) is 54.7 Å². The number of hydrogen-bond donors (Lipinski definition) is 2. The van der Waals surface area contributed by atoms with Crippen LogP contribution in [0.1, 0.15) is 10.4 Å². The van der Waals surface area contributed by atoms with Gasteiger partial charge in [-0.15, -0.1) is 11.3 Å². The Bertz CT molecular complexity index is 1160. The Kier molecular flexibility index (Phi) is 5.34. The first-order chi connectivity index (χ1) is 13.6. The Morgan fingerprint density at radius 2 is 1.79 bits per heavy atom. The van der Waals surface area contributed by atoms with E-state index in [1.807, 2.05) is 48.5 Å². The minimum Gasteiger partial charge on any atom is -0.332 e. The summed E-state index contributed by atoms with van der Waals surface area (Å²) in [7, 11) is 0. The van der Waals surface area contributed by atoms with Crippen molar-refractivity contribution in [3.63, 3.8) is 0 Å². The highest BCUT2D eigenvalue weighted by atomic mass is 35.5. The van der Waals surface area contributed by atoms with Crippen LogP contribution in [-0.4, -0.2) is 16.0 Å². The van der Waals surface area contributed by atoms with E-state index in [1.165, 1.54) is 0 Å². The lowest BCUT2D eigenvalue weighted by molar-refractivity contribution is 0.0977. The number of nitrogens with one attached hydrogen (secondary N) is 2. The minimum absolute atomic E-state index is 0.207. The monoisotopic (exact) mass is 423 g/mol. The van der Waals surface area contributed by atoms with Crippen LogP contribution in [0.3, 0.4) is 0 Å². The summed E-state index contributed by atoms with van der Waals surface area (Å²) in [5.74, 6) is -0.322. The third-order valence-electron chi connectivity index (χ3n) is 4.01. The van der Waals surface area contributed by atoms with Crippen molar-refractivity contribution in [2.45, 2.75) is 0 Å². The number of thiazole rings is 1. The highest BCUT2D eigenvalue weighted by Gasteiger charge is 2.13. The number of para-hydroxylation sites is 2. The molecule has 0 aliphatic carbocycles. The maximum absolute atomic E-state index is 12.4. The fourth-order valence-corrected chi connectivity index (χ4v) is 4.12. The molecular formula is C21H14ClN3OS2. The molecule has 4 aromatic rings. The van der Waals surface area contributed by atoms with Gasteiger partial charge < -0.3 is 5.32 Å². The van der Waals surface area contributed by atoms with Crippen molar-refractivity contribution in [2.75, 3.05) is 5.32 Å². The number of amides is 1. The van der Waals surface area contributed by atoms with Crippen molar-refractivity contribution in [3.05, 3.63) is 83.4 Å². The molecule has 3 aromatic carbocycles. The van der Waals surface area contributed by atoms with Crippen LogP contribution >= 0.6 is 35.2 Å². The molecule has 0 radical (unpaired) electrons. The summed E-state index contributed by atoms with van der Waals surface area (Å²) in [6.07, 6.45) is 0. The molecule has 4 rings (SSSR count). The van der Waals surface area contributed by atoms with Crippen LogP contribution in [0.15, 0.2) is 72.8 Å². The third kappa shape index (κ3) is 4.04. The van der Waals surface area contributed by atoms with Gasteiger partial charge in [0.25, 0.3) is 5.91 Å². The second-order valence-corrected chi connectivity index (χ2v) is 7.83. The average molecular weight is 424 g/mol. The maximum Gasteiger partial charge on any atom is 0.257 e. The largest absolute Gasteiger partial charge is 0.332 e. The second-order valence-electron chi connectivity index (χ2n) is 5.95. The highest BCUT2D eigenvalue weighted by molar-refractivity contribution is 7.80. The van der Waals surface area contributed by atoms with Gasteiger partial charge in [-0.1, -0.05) is 41.9 Å². The first-order valence-corrected chi connectivity index (χ1v) is 10.0. The molecule has 0 fully saturated rings. The summed E-state index contributed by atoms with van der Waals surface area (Å²) < 4.78 is 1.11. The fraction of sp³-hybridized carbons (Fsp3) is 0. The molecule has 1 heterocycles. The molecule has 0 unspecified atom stereocenters. The summed E-state index contributed by atoms with van der Waals surface area (Å²) in [5, 5.41) is 7.37. The van der Waals surface area contributed by atoms with Crippen molar-refractivity contribution in [3.8, 4) is 10.6 Å². The second kappa shape index (κ2) is 8.06. The van der Waals surface area contributed by atoms with Gasteiger partial charge in [-0.3, -0.25) is 10.1 Å². The minimum atomic E-state index is -0.322. The third-order valence-corrected chi connectivity index (χ3v) is 5.52. The Balaban J connectivity index is 1.55. The lowest BCUT2D eigenvalue weighted by Gasteiger charge is -2.12. The van der Waals surface area contributed by atoms with Gasteiger partial charge in [0, 0.05) is 16.1 Å². The molecule has 0 bridgehead atoms. The zero-order chi connectivity index (χ0) is 19.5. The number of anilines is 1. The number of thiocarbonyl (C=S) groups is 1. The number of aromatic nitrogens is 1. The highest BCUT2D eigenvalue weighted by Crippen LogP contribution is 2.34. The number of benzene rings is 3. The Labute approximate surface area is 176 Å². The predicted molar refractivity (Wildman–Crippen MR) is 120 cm³/mol. The van der Waals surface area contributed by atoms with Crippen LogP contribution < -0.4 is 10.6 Å². The van der Waals surface area contributed by atoms with Gasteiger partial charge in [-0.25, -0.2) is 4.98 Å². The van der Waals surface area contributed by atoms with E-state index >= 15 is 0 Å². The van der Waals surface area contributed by atoms with Crippen molar-refractivity contribution in [1.82, 2.24) is 10.3 Å². The van der Waals surface area contributed by atoms with Gasteiger partial charge in [0.1, 0.15) is 5.01 Å². The van der Waals surface area contributed by atoms with Crippen molar-refractivity contribution in [2.24, 2.45) is 0 Å². The number of halogens is 1. The zero-order valence-electron chi connectivity index (χ0n) is 14.5. The topological polar surface area (TPSA) is 54.0 Å². The van der Waals surface area contributed by atoms with Gasteiger partial charge in [-0.2, -0.15) is 0 Å². The average Bonchev–Trinajstić information content (AvgIpc) is 3.12. The van der Waals surface area contributed by atoms with Crippen LogP contribution in [0.25, 0.3) is 20.8 Å². The summed E-state index contributed by atoms with van der Waals surface area (Å²) in [6.45, 7) is 0. The lowest BCUT2D eigenvalue weighted by Crippen LogP contribution is -2.34. The van der Waals surface area contributed by atoms with E-state index in [0.29, 0.717) is 10.6 Å². The molecule has 7 heteroatoms. The molecule has 138 valence electrons. The quantitative estimate of drug-likeness (QED) is 0.412. The summed E-state index contributed by atoms with van der Waals surface area (Å²) in [4.78, 5) is 17.1.